The Morgan fingerprint density at radius 1 is 1.33 bits per heavy atom. The summed E-state index contributed by atoms with van der Waals surface area (Å²) in [5.74, 6) is -1.28. The summed E-state index contributed by atoms with van der Waals surface area (Å²) in [6.45, 7) is 3.26. The fourth-order valence-electron chi connectivity index (χ4n) is 0.811. The first-order chi connectivity index (χ1) is 6.97. The van der Waals surface area contributed by atoms with Crippen LogP contribution in [0.4, 0.5) is 0 Å². The smallest absolute Gasteiger partial charge is 0.347 e. The number of aliphatic hydroxyl groups excluding tert-OH is 1. The number of rotatable bonds is 6. The van der Waals surface area contributed by atoms with E-state index in [1.165, 1.54) is 6.92 Å². The van der Waals surface area contributed by atoms with Crippen LogP contribution in [0.1, 0.15) is 26.7 Å². The monoisotopic (exact) mass is 220 g/mol. The highest BCUT2D eigenvalue weighted by Crippen LogP contribution is 2.01. The van der Waals surface area contributed by atoms with Crippen LogP contribution in [-0.4, -0.2) is 41.2 Å². The maximum absolute atomic E-state index is 11.0. The number of carbonyl (C=O) groups excluding carboxylic acids is 2. The van der Waals surface area contributed by atoms with Crippen molar-refractivity contribution in [2.45, 2.75) is 39.1 Å². The molecule has 1 unspecified atom stereocenters. The SMILES string of the molecule is CCOC(=O)C(C)OC(=O)CCC(O)O. The zero-order valence-corrected chi connectivity index (χ0v) is 8.80. The van der Waals surface area contributed by atoms with E-state index in [4.69, 9.17) is 10.2 Å². The summed E-state index contributed by atoms with van der Waals surface area (Å²) < 4.78 is 9.29. The first-order valence-corrected chi connectivity index (χ1v) is 4.69. The molecule has 0 aromatic heterocycles. The van der Waals surface area contributed by atoms with E-state index < -0.39 is 24.3 Å². The minimum absolute atomic E-state index is 0.117. The van der Waals surface area contributed by atoms with E-state index in [1.807, 2.05) is 0 Å². The zero-order chi connectivity index (χ0) is 11.8. The lowest BCUT2D eigenvalue weighted by Gasteiger charge is -2.11. The van der Waals surface area contributed by atoms with Gasteiger partial charge in [-0.15, -0.1) is 0 Å². The molecule has 15 heavy (non-hydrogen) atoms. The van der Waals surface area contributed by atoms with Gasteiger partial charge in [0.15, 0.2) is 12.4 Å². The van der Waals surface area contributed by atoms with Gasteiger partial charge in [0.2, 0.25) is 0 Å². The second-order valence-corrected chi connectivity index (χ2v) is 2.90. The molecule has 0 heterocycles. The largest absolute Gasteiger partial charge is 0.463 e. The van der Waals surface area contributed by atoms with Gasteiger partial charge in [0, 0.05) is 6.42 Å². The quantitative estimate of drug-likeness (QED) is 0.466. The van der Waals surface area contributed by atoms with Gasteiger partial charge in [-0.05, 0) is 13.8 Å². The lowest BCUT2D eigenvalue weighted by Crippen LogP contribution is -2.26. The number of carbonyl (C=O) groups is 2. The summed E-state index contributed by atoms with van der Waals surface area (Å²) in [6, 6.07) is 0. The van der Waals surface area contributed by atoms with Gasteiger partial charge in [-0.25, -0.2) is 4.79 Å². The molecule has 0 fully saturated rings. The summed E-state index contributed by atoms with van der Waals surface area (Å²) in [6.07, 6.45) is -2.78. The molecule has 6 heteroatoms. The van der Waals surface area contributed by atoms with Gasteiger partial charge in [0.05, 0.1) is 13.0 Å². The minimum Gasteiger partial charge on any atom is -0.463 e. The molecule has 0 aliphatic rings. The molecule has 6 nitrogen and oxygen atoms in total. The Morgan fingerprint density at radius 2 is 1.93 bits per heavy atom. The molecule has 88 valence electrons. The maximum Gasteiger partial charge on any atom is 0.347 e. The van der Waals surface area contributed by atoms with E-state index >= 15 is 0 Å². The van der Waals surface area contributed by atoms with Crippen LogP contribution in [0.5, 0.6) is 0 Å². The second kappa shape index (κ2) is 7.19. The van der Waals surface area contributed by atoms with E-state index in [0.717, 1.165) is 0 Å². The van der Waals surface area contributed by atoms with Crippen LogP contribution in [0.15, 0.2) is 0 Å². The van der Waals surface area contributed by atoms with Gasteiger partial charge in [-0.2, -0.15) is 0 Å². The summed E-state index contributed by atoms with van der Waals surface area (Å²) in [7, 11) is 0. The fraction of sp³-hybridized carbons (Fsp3) is 0.778. The van der Waals surface area contributed by atoms with Crippen LogP contribution in [-0.2, 0) is 19.1 Å². The molecule has 1 atom stereocenters. The Hall–Kier alpha value is -1.14. The average Bonchev–Trinajstić information content (AvgIpc) is 2.15. The third-order valence-electron chi connectivity index (χ3n) is 1.53. The van der Waals surface area contributed by atoms with Gasteiger partial charge in [-0.1, -0.05) is 0 Å². The zero-order valence-electron chi connectivity index (χ0n) is 8.80. The molecule has 0 aromatic carbocycles. The molecule has 0 saturated carbocycles. The molecule has 0 radical (unpaired) electrons. The summed E-state index contributed by atoms with van der Waals surface area (Å²) in [4.78, 5) is 22.0. The number of aliphatic hydroxyl groups is 2. The van der Waals surface area contributed by atoms with Crippen molar-refractivity contribution in [2.75, 3.05) is 6.61 Å². The van der Waals surface area contributed by atoms with Crippen molar-refractivity contribution < 1.29 is 29.3 Å². The standard InChI is InChI=1S/C9H16O6/c1-3-14-9(13)6(2)15-8(12)5-4-7(10)11/h6-7,10-11H,3-5H2,1-2H3. The number of hydrogen-bond acceptors (Lipinski definition) is 6. The van der Waals surface area contributed by atoms with E-state index in [0.29, 0.717) is 0 Å². The van der Waals surface area contributed by atoms with Gasteiger partial charge in [0.25, 0.3) is 0 Å². The van der Waals surface area contributed by atoms with E-state index in [9.17, 15) is 9.59 Å². The highest BCUT2D eigenvalue weighted by atomic mass is 16.6. The summed E-state index contributed by atoms with van der Waals surface area (Å²) >= 11 is 0. The van der Waals surface area contributed by atoms with E-state index in [-0.39, 0.29) is 19.4 Å². The van der Waals surface area contributed by atoms with E-state index in [2.05, 4.69) is 9.47 Å². The highest BCUT2D eigenvalue weighted by Gasteiger charge is 2.18. The molecule has 0 bridgehead atoms. The number of hydrogen-bond donors (Lipinski definition) is 2. The van der Waals surface area contributed by atoms with Gasteiger partial charge >= 0.3 is 11.9 Å². The molecule has 2 N–H and O–H groups in total. The number of ether oxygens (including phenoxy) is 2. The molecular formula is C9H16O6. The van der Waals surface area contributed by atoms with Gasteiger partial charge in [-0.3, -0.25) is 4.79 Å². The predicted molar refractivity (Wildman–Crippen MR) is 49.6 cm³/mol. The first-order valence-electron chi connectivity index (χ1n) is 4.69. The number of esters is 2. The van der Waals surface area contributed by atoms with Crippen molar-refractivity contribution in [1.82, 2.24) is 0 Å². The third kappa shape index (κ3) is 6.87. The van der Waals surface area contributed by atoms with Crippen LogP contribution in [0.2, 0.25) is 0 Å². The summed E-state index contributed by atoms with van der Waals surface area (Å²) in [5, 5.41) is 17.0. The van der Waals surface area contributed by atoms with Gasteiger partial charge < -0.3 is 19.7 Å². The van der Waals surface area contributed by atoms with Crippen LogP contribution in [0.3, 0.4) is 0 Å². The van der Waals surface area contributed by atoms with Crippen LogP contribution >= 0.6 is 0 Å². The summed E-state index contributed by atoms with van der Waals surface area (Å²) in [5.41, 5.74) is 0. The van der Waals surface area contributed by atoms with E-state index in [1.54, 1.807) is 6.92 Å². The lowest BCUT2D eigenvalue weighted by atomic mass is 10.3. The van der Waals surface area contributed by atoms with Crippen molar-refractivity contribution >= 4 is 11.9 Å². The van der Waals surface area contributed by atoms with Crippen LogP contribution in [0, 0.1) is 0 Å². The molecule has 0 aromatic rings. The van der Waals surface area contributed by atoms with Crippen molar-refractivity contribution in [3.63, 3.8) is 0 Å². The predicted octanol–water partition coefficient (Wildman–Crippen LogP) is -0.428. The Labute approximate surface area is 87.8 Å². The topological polar surface area (TPSA) is 93.1 Å². The normalized spacial score (nSPS) is 12.3. The van der Waals surface area contributed by atoms with Crippen LogP contribution < -0.4 is 0 Å². The molecule has 0 aliphatic carbocycles. The Bertz CT molecular complexity index is 213. The Balaban J connectivity index is 3.80. The van der Waals surface area contributed by atoms with Crippen LogP contribution in [0.25, 0.3) is 0 Å². The molecular weight excluding hydrogens is 204 g/mol. The molecule has 0 spiro atoms. The Morgan fingerprint density at radius 3 is 2.40 bits per heavy atom. The third-order valence-corrected chi connectivity index (χ3v) is 1.53. The first kappa shape index (κ1) is 13.9. The maximum atomic E-state index is 11.0. The minimum atomic E-state index is -1.55. The Kier molecular flexibility index (Phi) is 6.64. The molecule has 0 aliphatic heterocycles. The van der Waals surface area contributed by atoms with Crippen molar-refractivity contribution in [3.05, 3.63) is 0 Å². The second-order valence-electron chi connectivity index (χ2n) is 2.90. The molecule has 0 rings (SSSR count). The molecule has 0 amide bonds. The van der Waals surface area contributed by atoms with Gasteiger partial charge in [0.1, 0.15) is 0 Å². The fourth-order valence-corrected chi connectivity index (χ4v) is 0.811. The average molecular weight is 220 g/mol. The van der Waals surface area contributed by atoms with Crippen molar-refractivity contribution in [3.8, 4) is 0 Å². The van der Waals surface area contributed by atoms with Crippen molar-refractivity contribution in [1.29, 1.82) is 0 Å². The molecule has 0 saturated heterocycles. The lowest BCUT2D eigenvalue weighted by molar-refractivity contribution is -0.167. The van der Waals surface area contributed by atoms with Crippen molar-refractivity contribution in [2.24, 2.45) is 0 Å². The highest BCUT2D eigenvalue weighted by molar-refractivity contribution is 5.78.